The molecule has 3 amide bonds. The van der Waals surface area contributed by atoms with Crippen LogP contribution in [0.4, 0.5) is 0 Å². The maximum atomic E-state index is 14.1. The lowest BCUT2D eigenvalue weighted by Gasteiger charge is -2.37. The number of hydrazine groups is 1. The molecule has 1 saturated heterocycles. The maximum absolute atomic E-state index is 14.1. The van der Waals surface area contributed by atoms with Crippen LogP contribution in [0.3, 0.4) is 0 Å². The van der Waals surface area contributed by atoms with Gasteiger partial charge in [-0.2, -0.15) is 0 Å². The Morgan fingerprint density at radius 3 is 2.39 bits per heavy atom. The first-order valence-corrected chi connectivity index (χ1v) is 14.4. The number of aromatic nitrogens is 1. The van der Waals surface area contributed by atoms with Gasteiger partial charge in [-0.15, -0.1) is 0 Å². The van der Waals surface area contributed by atoms with E-state index in [0.29, 0.717) is 38.8 Å². The number of H-pyrrole nitrogens is 1. The zero-order valence-electron chi connectivity index (χ0n) is 24.9. The molecule has 1 aliphatic heterocycles. The molecular weight excluding hydrogens is 516 g/mol. The van der Waals surface area contributed by atoms with Gasteiger partial charge in [0.1, 0.15) is 6.04 Å². The van der Waals surface area contributed by atoms with Crippen molar-refractivity contribution in [2.45, 2.75) is 57.0 Å². The van der Waals surface area contributed by atoms with Crippen molar-refractivity contribution in [3.63, 3.8) is 0 Å². The molecule has 2 aromatic carbocycles. The predicted octanol–water partition coefficient (Wildman–Crippen LogP) is 3.28. The van der Waals surface area contributed by atoms with Crippen LogP contribution in [0.25, 0.3) is 10.9 Å². The van der Waals surface area contributed by atoms with Gasteiger partial charge in [-0.1, -0.05) is 48.5 Å². The zero-order chi connectivity index (χ0) is 29.7. The summed E-state index contributed by atoms with van der Waals surface area (Å²) >= 11 is 0. The van der Waals surface area contributed by atoms with Crippen molar-refractivity contribution in [2.75, 3.05) is 34.2 Å². The smallest absolute Gasteiger partial charge is 0.245 e. The lowest BCUT2D eigenvalue weighted by atomic mass is 9.79. The van der Waals surface area contributed by atoms with E-state index in [9.17, 15) is 14.4 Å². The molecule has 1 aliphatic rings. The second-order valence-corrected chi connectivity index (χ2v) is 11.9. The van der Waals surface area contributed by atoms with E-state index in [2.05, 4.69) is 22.4 Å². The number of likely N-dealkylation sites (tertiary alicyclic amines) is 1. The number of para-hydroxylation sites is 1. The third-order valence-corrected chi connectivity index (χ3v) is 8.20. The molecule has 0 spiro atoms. The van der Waals surface area contributed by atoms with Crippen molar-refractivity contribution >= 4 is 28.6 Å². The number of carbonyl (C=O) groups is 3. The quantitative estimate of drug-likeness (QED) is 0.366. The van der Waals surface area contributed by atoms with Crippen molar-refractivity contribution in [1.82, 2.24) is 25.2 Å². The van der Waals surface area contributed by atoms with Crippen LogP contribution in [0, 0.1) is 5.92 Å². The number of nitrogens with zero attached hydrogens (tertiary/aromatic N) is 3. The minimum absolute atomic E-state index is 0.0358. The van der Waals surface area contributed by atoms with E-state index < -0.39 is 11.6 Å². The summed E-state index contributed by atoms with van der Waals surface area (Å²) in [4.78, 5) is 45.8. The highest BCUT2D eigenvalue weighted by Gasteiger charge is 2.36. The highest BCUT2D eigenvalue weighted by atomic mass is 16.2. The molecule has 0 bridgehead atoms. The van der Waals surface area contributed by atoms with E-state index in [1.54, 1.807) is 30.9 Å². The first kappa shape index (κ1) is 30.3. The van der Waals surface area contributed by atoms with E-state index >= 15 is 0 Å². The average molecular weight is 561 g/mol. The Hall–Kier alpha value is -3.69. The van der Waals surface area contributed by atoms with Crippen molar-refractivity contribution in [3.8, 4) is 0 Å². The fraction of sp³-hybridized carbons (Fsp3) is 0.469. The number of hydrogen-bond acceptors (Lipinski definition) is 5. The van der Waals surface area contributed by atoms with E-state index in [0.717, 1.165) is 22.0 Å². The molecule has 0 radical (unpaired) electrons. The number of hydrogen-bond donors (Lipinski definition) is 3. The maximum Gasteiger partial charge on any atom is 0.245 e. The van der Waals surface area contributed by atoms with Crippen molar-refractivity contribution in [2.24, 2.45) is 11.7 Å². The van der Waals surface area contributed by atoms with Crippen molar-refractivity contribution < 1.29 is 14.4 Å². The van der Waals surface area contributed by atoms with Gasteiger partial charge in [-0.3, -0.25) is 19.4 Å². The van der Waals surface area contributed by atoms with Gasteiger partial charge in [0, 0.05) is 63.7 Å². The van der Waals surface area contributed by atoms with Crippen LogP contribution in [0.1, 0.15) is 50.2 Å². The largest absolute Gasteiger partial charge is 0.361 e. The van der Waals surface area contributed by atoms with Gasteiger partial charge in [-0.25, -0.2) is 5.01 Å². The predicted molar refractivity (Wildman–Crippen MR) is 162 cm³/mol. The first-order valence-electron chi connectivity index (χ1n) is 14.4. The van der Waals surface area contributed by atoms with Crippen LogP contribution in [-0.4, -0.2) is 83.4 Å². The minimum atomic E-state index is -1.13. The normalized spacial score (nSPS) is 19.0. The summed E-state index contributed by atoms with van der Waals surface area (Å²) in [5, 5.41) is 7.45. The standard InChI is InChI=1S/C32H44N6O3/c1-32(2,33)31(41)35-28(20-23-21-34-27-16-10-9-14-25(23)27)30(40)38-18-11-15-26(29(39)37(5)36(3)4)24(17-19-38)22-12-7-6-8-13-22/h6-10,12-14,16,21,24,26,28,34H,11,15,17-20,33H2,1-5H3,(H,35,41)/t24?,26?,28-/m1/s1. The molecule has 2 heterocycles. The molecule has 1 aromatic heterocycles. The molecule has 0 aliphatic carbocycles. The van der Waals surface area contributed by atoms with Gasteiger partial charge in [0.25, 0.3) is 0 Å². The lowest BCUT2D eigenvalue weighted by Crippen LogP contribution is -2.57. The summed E-state index contributed by atoms with van der Waals surface area (Å²) in [6.07, 6.45) is 4.24. The lowest BCUT2D eigenvalue weighted by molar-refractivity contribution is -0.148. The Morgan fingerprint density at radius 2 is 1.71 bits per heavy atom. The number of benzene rings is 2. The first-order chi connectivity index (χ1) is 19.5. The Labute approximate surface area is 243 Å². The van der Waals surface area contributed by atoms with Crippen LogP contribution >= 0.6 is 0 Å². The summed E-state index contributed by atoms with van der Waals surface area (Å²) in [5.41, 5.74) is 8.02. The zero-order valence-corrected chi connectivity index (χ0v) is 24.9. The van der Waals surface area contributed by atoms with Crippen LogP contribution in [0.2, 0.25) is 0 Å². The Morgan fingerprint density at radius 1 is 1.02 bits per heavy atom. The van der Waals surface area contributed by atoms with Gasteiger partial charge in [0.2, 0.25) is 17.7 Å². The second-order valence-electron chi connectivity index (χ2n) is 11.9. The highest BCUT2D eigenvalue weighted by Crippen LogP contribution is 2.35. The van der Waals surface area contributed by atoms with Crippen LogP contribution in [-0.2, 0) is 20.8 Å². The molecule has 4 N–H and O–H groups in total. The van der Waals surface area contributed by atoms with E-state index in [4.69, 9.17) is 5.73 Å². The third kappa shape index (κ3) is 7.15. The monoisotopic (exact) mass is 560 g/mol. The second kappa shape index (κ2) is 12.9. The fourth-order valence-electron chi connectivity index (χ4n) is 5.65. The average Bonchev–Trinajstić information content (AvgIpc) is 3.34. The Kier molecular flexibility index (Phi) is 9.50. The number of rotatable bonds is 8. The van der Waals surface area contributed by atoms with E-state index in [-0.39, 0.29) is 29.6 Å². The van der Waals surface area contributed by atoms with Gasteiger partial charge in [0.05, 0.1) is 5.54 Å². The summed E-state index contributed by atoms with van der Waals surface area (Å²) in [7, 11) is 5.53. The summed E-state index contributed by atoms with van der Waals surface area (Å²) < 4.78 is 0. The Balaban J connectivity index is 1.59. The van der Waals surface area contributed by atoms with Gasteiger partial charge >= 0.3 is 0 Å². The number of fused-ring (bicyclic) bond motifs is 1. The van der Waals surface area contributed by atoms with E-state index in [1.165, 1.54) is 0 Å². The molecule has 4 rings (SSSR count). The fourth-order valence-corrected chi connectivity index (χ4v) is 5.65. The molecule has 9 heteroatoms. The van der Waals surface area contributed by atoms with Crippen molar-refractivity contribution in [1.29, 1.82) is 0 Å². The molecular formula is C32H44N6O3. The molecule has 1 fully saturated rings. The molecule has 41 heavy (non-hydrogen) atoms. The molecule has 3 atom stereocenters. The van der Waals surface area contributed by atoms with Gasteiger partial charge in [-0.05, 0) is 56.2 Å². The molecule has 2 unspecified atom stereocenters. The number of carbonyl (C=O) groups excluding carboxylic acids is 3. The SMILES string of the molecule is CN(C)N(C)C(=O)C1CCCN(C(=O)[C@@H](Cc2c[nH]c3ccccc23)NC(=O)C(C)(C)N)CCC1c1ccccc1. The number of aromatic amines is 1. The topological polar surface area (TPSA) is 115 Å². The van der Waals surface area contributed by atoms with Crippen molar-refractivity contribution in [3.05, 3.63) is 71.9 Å². The van der Waals surface area contributed by atoms with E-state index in [1.807, 2.05) is 67.7 Å². The Bertz CT molecular complexity index is 1350. The number of nitrogens with one attached hydrogen (secondary N) is 2. The highest BCUT2D eigenvalue weighted by molar-refractivity contribution is 5.92. The molecule has 0 saturated carbocycles. The third-order valence-electron chi connectivity index (χ3n) is 8.20. The van der Waals surface area contributed by atoms with Gasteiger partial charge in [0.15, 0.2) is 0 Å². The summed E-state index contributed by atoms with van der Waals surface area (Å²) in [5.74, 6) is -0.649. The van der Waals surface area contributed by atoms with Gasteiger partial charge < -0.3 is 20.9 Å². The number of nitrogens with two attached hydrogens (primary N) is 1. The van der Waals surface area contributed by atoms with Crippen LogP contribution < -0.4 is 11.1 Å². The minimum Gasteiger partial charge on any atom is -0.361 e. The summed E-state index contributed by atoms with van der Waals surface area (Å²) in [6, 6.07) is 17.3. The van der Waals surface area contributed by atoms with Crippen LogP contribution in [0.15, 0.2) is 60.8 Å². The summed E-state index contributed by atoms with van der Waals surface area (Å²) in [6.45, 7) is 4.28. The molecule has 9 nitrogen and oxygen atoms in total. The number of amides is 3. The molecule has 3 aromatic rings. The molecule has 220 valence electrons. The van der Waals surface area contributed by atoms with Crippen LogP contribution in [0.5, 0.6) is 0 Å².